The Labute approximate surface area is 71.4 Å². The molecule has 12 heavy (non-hydrogen) atoms. The first-order valence-electron chi connectivity index (χ1n) is 4.08. The summed E-state index contributed by atoms with van der Waals surface area (Å²) in [5, 5.41) is 3.05. The first-order valence-corrected chi connectivity index (χ1v) is 4.08. The van der Waals surface area contributed by atoms with Crippen LogP contribution in [0.15, 0.2) is 0 Å². The highest BCUT2D eigenvalue weighted by Crippen LogP contribution is 1.95. The molecular formula is C7H14N2O3. The minimum Gasteiger partial charge on any atom is -0.366 e. The topological polar surface area (TPSA) is 59.6 Å². The number of rotatable bonds is 3. The van der Waals surface area contributed by atoms with Crippen LogP contribution in [0.4, 0.5) is 0 Å². The molecule has 0 spiro atoms. The molecule has 0 bridgehead atoms. The van der Waals surface area contributed by atoms with Crippen molar-refractivity contribution in [1.82, 2.24) is 10.8 Å². The van der Waals surface area contributed by atoms with Crippen LogP contribution in [-0.4, -0.2) is 38.3 Å². The van der Waals surface area contributed by atoms with E-state index in [0.29, 0.717) is 19.8 Å². The van der Waals surface area contributed by atoms with Crippen molar-refractivity contribution in [3.05, 3.63) is 0 Å². The molecule has 1 rings (SSSR count). The van der Waals surface area contributed by atoms with E-state index >= 15 is 0 Å². The van der Waals surface area contributed by atoms with Gasteiger partial charge in [0.25, 0.3) is 5.91 Å². The van der Waals surface area contributed by atoms with Gasteiger partial charge in [0.05, 0.1) is 13.2 Å². The second-order valence-corrected chi connectivity index (χ2v) is 2.46. The first-order chi connectivity index (χ1) is 5.84. The van der Waals surface area contributed by atoms with Crippen molar-refractivity contribution in [2.75, 3.05) is 26.3 Å². The van der Waals surface area contributed by atoms with E-state index in [1.165, 1.54) is 0 Å². The van der Waals surface area contributed by atoms with Crippen LogP contribution in [0.5, 0.6) is 0 Å². The maximum atomic E-state index is 11.2. The van der Waals surface area contributed by atoms with Crippen molar-refractivity contribution < 1.29 is 14.4 Å². The quantitative estimate of drug-likeness (QED) is 0.541. The summed E-state index contributed by atoms with van der Waals surface area (Å²) in [5.41, 5.74) is 2.30. The van der Waals surface area contributed by atoms with Crippen LogP contribution in [0.1, 0.15) is 6.92 Å². The fourth-order valence-corrected chi connectivity index (χ4v) is 0.943. The Hall–Kier alpha value is -0.650. The summed E-state index contributed by atoms with van der Waals surface area (Å²) in [5.74, 6) is -0.218. The molecule has 1 fully saturated rings. The lowest BCUT2D eigenvalue weighted by Gasteiger charge is -2.22. The summed E-state index contributed by atoms with van der Waals surface area (Å²) >= 11 is 0. The predicted octanol–water partition coefficient (Wildman–Crippen LogP) is -0.957. The number of hydrogen-bond acceptors (Lipinski definition) is 4. The highest BCUT2D eigenvalue weighted by molar-refractivity contribution is 5.80. The van der Waals surface area contributed by atoms with Crippen molar-refractivity contribution >= 4 is 5.91 Å². The van der Waals surface area contributed by atoms with Gasteiger partial charge in [-0.2, -0.15) is 0 Å². The molecule has 1 unspecified atom stereocenters. The normalized spacial score (nSPS) is 23.6. The summed E-state index contributed by atoms with van der Waals surface area (Å²) in [6.07, 6.45) is -0.412. The van der Waals surface area contributed by atoms with Crippen LogP contribution in [0.2, 0.25) is 0 Å². The SMILES string of the molecule is CCONC(=O)C1CNCCO1. The van der Waals surface area contributed by atoms with Crippen molar-refractivity contribution in [3.63, 3.8) is 0 Å². The average Bonchev–Trinajstić information content (AvgIpc) is 2.15. The van der Waals surface area contributed by atoms with E-state index < -0.39 is 6.10 Å². The Kier molecular flexibility index (Phi) is 3.99. The fourth-order valence-electron chi connectivity index (χ4n) is 0.943. The molecule has 70 valence electrons. The van der Waals surface area contributed by atoms with Crippen molar-refractivity contribution in [3.8, 4) is 0 Å². The second-order valence-electron chi connectivity index (χ2n) is 2.46. The van der Waals surface area contributed by atoms with Crippen LogP contribution >= 0.6 is 0 Å². The zero-order valence-corrected chi connectivity index (χ0v) is 7.13. The van der Waals surface area contributed by atoms with Gasteiger partial charge in [0.2, 0.25) is 0 Å². The third-order valence-corrected chi connectivity index (χ3v) is 1.54. The van der Waals surface area contributed by atoms with E-state index in [2.05, 4.69) is 10.8 Å². The zero-order valence-electron chi connectivity index (χ0n) is 7.13. The summed E-state index contributed by atoms with van der Waals surface area (Å²) in [7, 11) is 0. The molecule has 1 aliphatic heterocycles. The number of amides is 1. The smallest absolute Gasteiger partial charge is 0.273 e. The van der Waals surface area contributed by atoms with Crippen LogP contribution < -0.4 is 10.8 Å². The number of ether oxygens (including phenoxy) is 1. The first kappa shape index (κ1) is 9.44. The lowest BCUT2D eigenvalue weighted by Crippen LogP contribution is -2.47. The molecule has 0 saturated carbocycles. The van der Waals surface area contributed by atoms with E-state index in [4.69, 9.17) is 9.57 Å². The standard InChI is InChI=1S/C7H14N2O3/c1-2-12-9-7(10)6-5-8-3-4-11-6/h6,8H,2-5H2,1H3,(H,9,10). The second kappa shape index (κ2) is 5.08. The molecular weight excluding hydrogens is 160 g/mol. The molecule has 5 nitrogen and oxygen atoms in total. The summed E-state index contributed by atoms with van der Waals surface area (Å²) < 4.78 is 5.18. The highest BCUT2D eigenvalue weighted by Gasteiger charge is 2.21. The van der Waals surface area contributed by atoms with Gasteiger partial charge in [-0.25, -0.2) is 5.48 Å². The van der Waals surface area contributed by atoms with Gasteiger partial charge in [0.1, 0.15) is 0 Å². The van der Waals surface area contributed by atoms with Crippen molar-refractivity contribution in [2.45, 2.75) is 13.0 Å². The van der Waals surface area contributed by atoms with Crippen molar-refractivity contribution in [2.24, 2.45) is 0 Å². The Morgan fingerprint density at radius 2 is 2.67 bits per heavy atom. The maximum Gasteiger partial charge on any atom is 0.273 e. The average molecular weight is 174 g/mol. The van der Waals surface area contributed by atoms with E-state index in [0.717, 1.165) is 6.54 Å². The molecule has 0 aromatic rings. The molecule has 2 N–H and O–H groups in total. The van der Waals surface area contributed by atoms with Gasteiger partial charge in [-0.1, -0.05) is 0 Å². The van der Waals surface area contributed by atoms with Crippen LogP contribution in [0, 0.1) is 0 Å². The molecule has 1 aliphatic rings. The van der Waals surface area contributed by atoms with E-state index in [9.17, 15) is 4.79 Å². The van der Waals surface area contributed by atoms with Gasteiger partial charge < -0.3 is 10.1 Å². The number of hydroxylamine groups is 1. The van der Waals surface area contributed by atoms with Crippen LogP contribution in [-0.2, 0) is 14.4 Å². The molecule has 0 radical (unpaired) electrons. The lowest BCUT2D eigenvalue weighted by atomic mass is 10.3. The number of carbonyl (C=O) groups is 1. The van der Waals surface area contributed by atoms with Gasteiger partial charge >= 0.3 is 0 Å². The Morgan fingerprint density at radius 1 is 1.83 bits per heavy atom. The molecule has 0 aromatic heterocycles. The minimum atomic E-state index is -0.412. The number of hydrogen-bond donors (Lipinski definition) is 2. The molecule has 5 heteroatoms. The van der Waals surface area contributed by atoms with Gasteiger partial charge in [-0.15, -0.1) is 0 Å². The zero-order chi connectivity index (χ0) is 8.81. The van der Waals surface area contributed by atoms with Crippen molar-refractivity contribution in [1.29, 1.82) is 0 Å². The monoisotopic (exact) mass is 174 g/mol. The number of morpholine rings is 1. The highest BCUT2D eigenvalue weighted by atomic mass is 16.7. The molecule has 1 atom stereocenters. The van der Waals surface area contributed by atoms with Crippen LogP contribution in [0.25, 0.3) is 0 Å². The fraction of sp³-hybridized carbons (Fsp3) is 0.857. The third kappa shape index (κ3) is 2.77. The minimum absolute atomic E-state index is 0.218. The maximum absolute atomic E-state index is 11.2. The largest absolute Gasteiger partial charge is 0.366 e. The van der Waals surface area contributed by atoms with E-state index in [1.54, 1.807) is 6.92 Å². The van der Waals surface area contributed by atoms with Gasteiger partial charge in [0.15, 0.2) is 6.10 Å². The lowest BCUT2D eigenvalue weighted by molar-refractivity contribution is -0.146. The summed E-state index contributed by atoms with van der Waals surface area (Å²) in [6.45, 7) is 4.20. The molecule has 1 amide bonds. The third-order valence-electron chi connectivity index (χ3n) is 1.54. The molecule has 0 aliphatic carbocycles. The number of nitrogens with one attached hydrogen (secondary N) is 2. The Bertz CT molecular complexity index is 146. The Balaban J connectivity index is 2.20. The predicted molar refractivity (Wildman–Crippen MR) is 42.4 cm³/mol. The molecule has 0 aromatic carbocycles. The van der Waals surface area contributed by atoms with E-state index in [-0.39, 0.29) is 5.91 Å². The Morgan fingerprint density at radius 3 is 3.25 bits per heavy atom. The van der Waals surface area contributed by atoms with Gasteiger partial charge in [-0.3, -0.25) is 9.63 Å². The summed E-state index contributed by atoms with van der Waals surface area (Å²) in [4.78, 5) is 15.9. The van der Waals surface area contributed by atoms with Gasteiger partial charge in [0, 0.05) is 13.1 Å². The summed E-state index contributed by atoms with van der Waals surface area (Å²) in [6, 6.07) is 0. The van der Waals surface area contributed by atoms with Gasteiger partial charge in [-0.05, 0) is 6.92 Å². The number of carbonyl (C=O) groups excluding carboxylic acids is 1. The van der Waals surface area contributed by atoms with Crippen LogP contribution in [0.3, 0.4) is 0 Å². The van der Waals surface area contributed by atoms with E-state index in [1.807, 2.05) is 0 Å². The molecule has 1 heterocycles. The molecule has 1 saturated heterocycles.